The number of nitrogens with zero attached hydrogens (tertiary/aromatic N) is 4. The number of likely N-dealkylation sites (tertiary alicyclic amines) is 1. The first-order valence-corrected chi connectivity index (χ1v) is 14.0. The molecule has 0 aliphatic carbocycles. The number of ether oxygens (including phenoxy) is 1. The summed E-state index contributed by atoms with van der Waals surface area (Å²) in [6.45, 7) is 3.42. The van der Waals surface area contributed by atoms with Gasteiger partial charge in [-0.2, -0.15) is 23.3 Å². The first-order chi connectivity index (χ1) is 19.1. The number of nitrogens with one attached hydrogen (secondary N) is 1. The van der Waals surface area contributed by atoms with Gasteiger partial charge in [0.15, 0.2) is 5.13 Å². The molecule has 4 aromatic rings. The molecular formula is C28H29ClF3N5O2S. The number of aromatic amines is 1. The van der Waals surface area contributed by atoms with E-state index in [1.807, 2.05) is 13.1 Å². The summed E-state index contributed by atoms with van der Waals surface area (Å²) in [7, 11) is 3.64. The van der Waals surface area contributed by atoms with Gasteiger partial charge in [0.25, 0.3) is 0 Å². The minimum Gasteiger partial charge on any atom is -0.492 e. The lowest BCUT2D eigenvalue weighted by Gasteiger charge is -2.36. The molecule has 1 aliphatic rings. The van der Waals surface area contributed by atoms with Crippen molar-refractivity contribution in [3.63, 3.8) is 0 Å². The second kappa shape index (κ2) is 11.8. The van der Waals surface area contributed by atoms with Crippen molar-refractivity contribution in [3.05, 3.63) is 69.2 Å². The van der Waals surface area contributed by atoms with Crippen LogP contribution in [0, 0.1) is 0 Å². The van der Waals surface area contributed by atoms with Gasteiger partial charge in [-0.1, -0.05) is 35.1 Å². The Bertz CT molecular complexity index is 1510. The third-order valence-electron chi connectivity index (χ3n) is 7.23. The van der Waals surface area contributed by atoms with Crippen LogP contribution >= 0.6 is 22.9 Å². The number of piperidine rings is 1. The van der Waals surface area contributed by atoms with E-state index < -0.39 is 11.7 Å². The molecule has 0 saturated carbocycles. The van der Waals surface area contributed by atoms with E-state index >= 15 is 0 Å². The molecule has 0 unspecified atom stereocenters. The zero-order valence-corrected chi connectivity index (χ0v) is 23.6. The number of aromatic hydroxyl groups is 1. The van der Waals surface area contributed by atoms with Crippen LogP contribution in [-0.4, -0.2) is 71.6 Å². The van der Waals surface area contributed by atoms with Gasteiger partial charge in [0.1, 0.15) is 4.88 Å². The molecule has 0 amide bonds. The summed E-state index contributed by atoms with van der Waals surface area (Å²) in [5, 5.41) is 19.3. The van der Waals surface area contributed by atoms with E-state index in [4.69, 9.17) is 16.3 Å². The van der Waals surface area contributed by atoms with Crippen LogP contribution < -0.4 is 4.90 Å². The number of halogens is 4. The molecule has 2 N–H and O–H groups in total. The van der Waals surface area contributed by atoms with Crippen LogP contribution in [0.15, 0.2) is 42.6 Å². The Morgan fingerprint density at radius 1 is 1.25 bits per heavy atom. The smallest absolute Gasteiger partial charge is 0.417 e. The molecule has 3 heterocycles. The lowest BCUT2D eigenvalue weighted by atomic mass is 9.97. The quantitative estimate of drug-likeness (QED) is 0.227. The minimum atomic E-state index is -4.62. The topological polar surface area (TPSA) is 77.5 Å². The number of hydrogen-bond acceptors (Lipinski definition) is 7. The Labute approximate surface area is 238 Å². The molecule has 0 radical (unpaired) electrons. The lowest BCUT2D eigenvalue weighted by Crippen LogP contribution is -2.44. The number of alkyl halides is 3. The van der Waals surface area contributed by atoms with E-state index in [2.05, 4.69) is 25.0 Å². The van der Waals surface area contributed by atoms with Crippen LogP contribution in [0.5, 0.6) is 5.88 Å². The van der Waals surface area contributed by atoms with E-state index in [0.29, 0.717) is 27.8 Å². The van der Waals surface area contributed by atoms with Crippen LogP contribution in [0.4, 0.5) is 18.3 Å². The summed E-state index contributed by atoms with van der Waals surface area (Å²) in [5.41, 5.74) is 0.904. The van der Waals surface area contributed by atoms with Crippen molar-refractivity contribution in [2.45, 2.75) is 25.1 Å². The molecule has 5 rings (SSSR count). The SMILES string of the molecule is COCCN1CCC(N(C)c2nc(O)c(C(=Cc3ccc(Cl)cc3C(F)(F)F)c3ccc4[nH]ncc4c3)s2)CC1. The number of fused-ring (bicyclic) bond motifs is 1. The van der Waals surface area contributed by atoms with Gasteiger partial charge in [0, 0.05) is 55.8 Å². The fourth-order valence-corrected chi connectivity index (χ4v) is 6.18. The van der Waals surface area contributed by atoms with E-state index in [1.54, 1.807) is 25.4 Å². The fraction of sp³-hybridized carbons (Fsp3) is 0.357. The second-order valence-corrected chi connectivity index (χ2v) is 11.2. The molecule has 2 aromatic heterocycles. The third kappa shape index (κ3) is 6.12. The molecule has 12 heteroatoms. The summed E-state index contributed by atoms with van der Waals surface area (Å²) in [5.74, 6) is -0.231. The molecule has 1 saturated heterocycles. The second-order valence-electron chi connectivity index (χ2n) is 9.79. The molecule has 212 valence electrons. The maximum atomic E-state index is 14.0. The maximum Gasteiger partial charge on any atom is 0.417 e. The van der Waals surface area contributed by atoms with E-state index in [1.165, 1.54) is 29.5 Å². The summed E-state index contributed by atoms with van der Waals surface area (Å²) in [4.78, 5) is 9.24. The van der Waals surface area contributed by atoms with Gasteiger partial charge in [0.05, 0.1) is 23.9 Å². The van der Waals surface area contributed by atoms with Crippen molar-refractivity contribution >= 4 is 50.6 Å². The molecule has 7 nitrogen and oxygen atoms in total. The molecule has 0 atom stereocenters. The number of methoxy groups -OCH3 is 1. The van der Waals surface area contributed by atoms with Gasteiger partial charge in [-0.05, 0) is 54.3 Å². The van der Waals surface area contributed by atoms with Crippen molar-refractivity contribution in [1.29, 1.82) is 0 Å². The highest BCUT2D eigenvalue weighted by molar-refractivity contribution is 7.17. The number of aromatic nitrogens is 3. The molecule has 2 aromatic carbocycles. The highest BCUT2D eigenvalue weighted by Gasteiger charge is 2.34. The van der Waals surface area contributed by atoms with Crippen LogP contribution in [0.25, 0.3) is 22.6 Å². The van der Waals surface area contributed by atoms with Crippen LogP contribution in [0.1, 0.15) is 34.4 Å². The van der Waals surface area contributed by atoms with Gasteiger partial charge in [-0.15, -0.1) is 0 Å². The number of hydrogen-bond donors (Lipinski definition) is 2. The number of benzene rings is 2. The van der Waals surface area contributed by atoms with Crippen molar-refractivity contribution in [1.82, 2.24) is 20.1 Å². The standard InChI is InChI=1S/C28H29ClF3N5O2S/c1-36(21-7-9-37(10-8-21)11-12-39-2)27-34-26(38)25(40-27)22(17-4-6-24-19(13-17)16-33-35-24)14-18-3-5-20(29)15-23(18)28(30,31)32/h3-6,13-16,21,38H,7-12H2,1-2H3,(H,33,35). The highest BCUT2D eigenvalue weighted by atomic mass is 35.5. The van der Waals surface area contributed by atoms with E-state index in [9.17, 15) is 18.3 Å². The zero-order chi connectivity index (χ0) is 28.4. The number of H-pyrrole nitrogens is 1. The molecular weight excluding hydrogens is 563 g/mol. The normalized spacial score (nSPS) is 15.7. The van der Waals surface area contributed by atoms with Crippen molar-refractivity contribution < 1.29 is 23.0 Å². The van der Waals surface area contributed by atoms with Gasteiger partial charge >= 0.3 is 6.18 Å². The van der Waals surface area contributed by atoms with E-state index in [-0.39, 0.29) is 22.5 Å². The van der Waals surface area contributed by atoms with Gasteiger partial charge in [-0.25, -0.2) is 0 Å². The van der Waals surface area contributed by atoms with Gasteiger partial charge in [-0.3, -0.25) is 5.10 Å². The summed E-state index contributed by atoms with van der Waals surface area (Å²) in [6, 6.07) is 9.31. The Morgan fingerprint density at radius 2 is 2.02 bits per heavy atom. The lowest BCUT2D eigenvalue weighted by molar-refractivity contribution is -0.137. The largest absolute Gasteiger partial charge is 0.492 e. The molecule has 1 fully saturated rings. The molecule has 1 aliphatic heterocycles. The monoisotopic (exact) mass is 591 g/mol. The number of anilines is 1. The Hall–Kier alpha value is -3.12. The van der Waals surface area contributed by atoms with Crippen molar-refractivity contribution in [2.24, 2.45) is 0 Å². The first-order valence-electron chi connectivity index (χ1n) is 12.8. The van der Waals surface area contributed by atoms with E-state index in [0.717, 1.165) is 49.4 Å². The third-order valence-corrected chi connectivity index (χ3v) is 8.64. The maximum absolute atomic E-state index is 14.0. The fourth-order valence-electron chi connectivity index (χ4n) is 4.98. The van der Waals surface area contributed by atoms with Crippen LogP contribution in [0.2, 0.25) is 5.02 Å². The van der Waals surface area contributed by atoms with Gasteiger partial charge < -0.3 is 19.6 Å². The molecule has 0 bridgehead atoms. The predicted molar refractivity (Wildman–Crippen MR) is 153 cm³/mol. The Kier molecular flexibility index (Phi) is 8.37. The average molecular weight is 592 g/mol. The minimum absolute atomic E-state index is 0.0105. The molecule has 0 spiro atoms. The highest BCUT2D eigenvalue weighted by Crippen LogP contribution is 2.43. The average Bonchev–Trinajstić information content (AvgIpc) is 3.56. The van der Waals surface area contributed by atoms with Crippen LogP contribution in [0.3, 0.4) is 0 Å². The Morgan fingerprint density at radius 3 is 2.75 bits per heavy atom. The molecule has 40 heavy (non-hydrogen) atoms. The summed E-state index contributed by atoms with van der Waals surface area (Å²) in [6.07, 6.45) is 0.316. The summed E-state index contributed by atoms with van der Waals surface area (Å²) >= 11 is 7.18. The Balaban J connectivity index is 1.53. The van der Waals surface area contributed by atoms with Crippen LogP contribution in [-0.2, 0) is 10.9 Å². The van der Waals surface area contributed by atoms with Crippen molar-refractivity contribution in [2.75, 3.05) is 45.3 Å². The van der Waals surface area contributed by atoms with Crippen molar-refractivity contribution in [3.8, 4) is 5.88 Å². The number of thiazole rings is 1. The summed E-state index contributed by atoms with van der Waals surface area (Å²) < 4.78 is 47.1. The van der Waals surface area contributed by atoms with Gasteiger partial charge in [0.2, 0.25) is 5.88 Å². The zero-order valence-electron chi connectivity index (χ0n) is 22.0. The predicted octanol–water partition coefficient (Wildman–Crippen LogP) is 6.53. The number of rotatable bonds is 8. The first kappa shape index (κ1) is 28.4.